The summed E-state index contributed by atoms with van der Waals surface area (Å²) >= 11 is 3.57. The van der Waals surface area contributed by atoms with Crippen molar-refractivity contribution in [2.24, 2.45) is 10.8 Å². The van der Waals surface area contributed by atoms with Crippen molar-refractivity contribution in [3.63, 3.8) is 0 Å². The highest BCUT2D eigenvalue weighted by Gasteiger charge is 2.34. The van der Waals surface area contributed by atoms with E-state index in [1.807, 2.05) is 0 Å². The summed E-state index contributed by atoms with van der Waals surface area (Å²) in [6.07, 6.45) is 4.88. The Balaban J connectivity index is 2.23. The molecule has 0 N–H and O–H groups in total. The molecule has 0 aliphatic rings. The van der Waals surface area contributed by atoms with Gasteiger partial charge in [0.25, 0.3) is 0 Å². The molecule has 2 atom stereocenters. The quantitative estimate of drug-likeness (QED) is 0.312. The van der Waals surface area contributed by atoms with Gasteiger partial charge in [-0.05, 0) is 65.5 Å². The smallest absolute Gasteiger partial charge is 0.0283 e. The maximum absolute atomic E-state index is 3.57. The maximum Gasteiger partial charge on any atom is 0.0283 e. The molecule has 0 aromatic heterocycles. The number of halogens is 1. The van der Waals surface area contributed by atoms with E-state index < -0.39 is 0 Å². The standard InChI is InChI=1S/C28H41Br/c1-8-25(23-16-12-22(20-29)13-17-23)28(6,7)19-18-26(27(4,5)9-2)24-14-10-21(3)11-15-24/h10-17,25-26H,8-9,18-20H2,1-7H3. The van der Waals surface area contributed by atoms with Crippen molar-refractivity contribution < 1.29 is 0 Å². The molecule has 0 spiro atoms. The van der Waals surface area contributed by atoms with Crippen LogP contribution < -0.4 is 0 Å². The van der Waals surface area contributed by atoms with Crippen LogP contribution in [0, 0.1) is 17.8 Å². The van der Waals surface area contributed by atoms with Crippen molar-refractivity contribution in [2.45, 2.75) is 91.3 Å². The molecular formula is C28H41Br. The number of benzene rings is 2. The highest BCUT2D eigenvalue weighted by atomic mass is 79.9. The predicted octanol–water partition coefficient (Wildman–Crippen LogP) is 9.41. The van der Waals surface area contributed by atoms with E-state index in [1.165, 1.54) is 47.9 Å². The first kappa shape index (κ1) is 24.2. The molecule has 0 amide bonds. The van der Waals surface area contributed by atoms with Crippen molar-refractivity contribution in [3.05, 3.63) is 70.8 Å². The normalized spacial score (nSPS) is 14.6. The van der Waals surface area contributed by atoms with E-state index >= 15 is 0 Å². The van der Waals surface area contributed by atoms with Gasteiger partial charge in [-0.2, -0.15) is 0 Å². The number of rotatable bonds is 10. The van der Waals surface area contributed by atoms with Crippen LogP contribution in [0.1, 0.15) is 101 Å². The van der Waals surface area contributed by atoms with Gasteiger partial charge in [-0.1, -0.05) is 118 Å². The largest absolute Gasteiger partial charge is 0.0876 e. The SMILES string of the molecule is CCC(c1ccc(CBr)cc1)C(C)(C)CCC(c1ccc(C)cc1)C(C)(C)CC. The fourth-order valence-corrected chi connectivity index (χ4v) is 5.20. The van der Waals surface area contributed by atoms with Crippen molar-refractivity contribution >= 4 is 15.9 Å². The second-order valence-corrected chi connectivity index (χ2v) is 10.7. The molecule has 0 heterocycles. The van der Waals surface area contributed by atoms with E-state index in [-0.39, 0.29) is 5.41 Å². The van der Waals surface area contributed by atoms with E-state index in [0.717, 1.165) is 5.33 Å². The molecule has 0 fully saturated rings. The van der Waals surface area contributed by atoms with Gasteiger partial charge in [0, 0.05) is 5.33 Å². The lowest BCUT2D eigenvalue weighted by atomic mass is 9.65. The van der Waals surface area contributed by atoms with Gasteiger partial charge in [-0.25, -0.2) is 0 Å². The minimum atomic E-state index is 0.275. The van der Waals surface area contributed by atoms with E-state index in [9.17, 15) is 0 Å². The van der Waals surface area contributed by atoms with Gasteiger partial charge in [-0.15, -0.1) is 0 Å². The summed E-state index contributed by atoms with van der Waals surface area (Å²) in [7, 11) is 0. The summed E-state index contributed by atoms with van der Waals surface area (Å²) in [6.45, 7) is 16.7. The van der Waals surface area contributed by atoms with Crippen LogP contribution in [0.2, 0.25) is 0 Å². The van der Waals surface area contributed by atoms with Gasteiger partial charge >= 0.3 is 0 Å². The Kier molecular flexibility index (Phi) is 8.59. The van der Waals surface area contributed by atoms with Gasteiger partial charge in [-0.3, -0.25) is 0 Å². The highest BCUT2D eigenvalue weighted by Crippen LogP contribution is 2.47. The molecule has 2 unspecified atom stereocenters. The first-order chi connectivity index (χ1) is 13.6. The van der Waals surface area contributed by atoms with Crippen LogP contribution in [0.25, 0.3) is 0 Å². The zero-order chi connectivity index (χ0) is 21.7. The minimum Gasteiger partial charge on any atom is -0.0876 e. The molecule has 2 aromatic rings. The van der Waals surface area contributed by atoms with Crippen LogP contribution >= 0.6 is 15.9 Å². The topological polar surface area (TPSA) is 0 Å². The van der Waals surface area contributed by atoms with E-state index in [4.69, 9.17) is 0 Å². The average molecular weight is 458 g/mol. The first-order valence-corrected chi connectivity index (χ1v) is 12.5. The molecule has 0 aliphatic heterocycles. The highest BCUT2D eigenvalue weighted by molar-refractivity contribution is 9.08. The Labute approximate surface area is 188 Å². The van der Waals surface area contributed by atoms with Gasteiger partial charge in [0.2, 0.25) is 0 Å². The van der Waals surface area contributed by atoms with Crippen LogP contribution in [0.3, 0.4) is 0 Å². The Morgan fingerprint density at radius 3 is 1.76 bits per heavy atom. The number of hydrogen-bond acceptors (Lipinski definition) is 0. The summed E-state index contributed by atoms with van der Waals surface area (Å²) in [4.78, 5) is 0. The molecule has 0 bridgehead atoms. The van der Waals surface area contributed by atoms with Gasteiger partial charge in [0.1, 0.15) is 0 Å². The summed E-state index contributed by atoms with van der Waals surface area (Å²) in [5, 5.41) is 0.928. The van der Waals surface area contributed by atoms with Crippen LogP contribution in [-0.2, 0) is 5.33 Å². The molecule has 0 saturated heterocycles. The van der Waals surface area contributed by atoms with E-state index in [1.54, 1.807) is 0 Å². The molecule has 29 heavy (non-hydrogen) atoms. The Morgan fingerprint density at radius 2 is 1.28 bits per heavy atom. The third-order valence-corrected chi connectivity index (χ3v) is 7.95. The van der Waals surface area contributed by atoms with Gasteiger partial charge in [0.15, 0.2) is 0 Å². The Morgan fingerprint density at radius 1 is 0.759 bits per heavy atom. The summed E-state index contributed by atoms with van der Waals surface area (Å²) in [5.74, 6) is 1.19. The number of alkyl halides is 1. The predicted molar refractivity (Wildman–Crippen MR) is 133 cm³/mol. The zero-order valence-electron chi connectivity index (χ0n) is 19.7. The first-order valence-electron chi connectivity index (χ1n) is 11.4. The minimum absolute atomic E-state index is 0.275. The summed E-state index contributed by atoms with van der Waals surface area (Å²) in [6, 6.07) is 18.5. The van der Waals surface area contributed by atoms with Crippen molar-refractivity contribution in [1.29, 1.82) is 0 Å². The fourth-order valence-electron chi connectivity index (χ4n) is 4.82. The monoisotopic (exact) mass is 456 g/mol. The second kappa shape index (κ2) is 10.3. The molecule has 0 aliphatic carbocycles. The lowest BCUT2D eigenvalue weighted by Gasteiger charge is -2.39. The molecule has 2 rings (SSSR count). The zero-order valence-corrected chi connectivity index (χ0v) is 21.3. The number of aryl methyl sites for hydroxylation is 1. The summed E-state index contributed by atoms with van der Waals surface area (Å²) in [5.41, 5.74) is 6.28. The Bertz CT molecular complexity index is 737. The van der Waals surface area contributed by atoms with Crippen LogP contribution in [-0.4, -0.2) is 0 Å². The van der Waals surface area contributed by atoms with Crippen molar-refractivity contribution in [1.82, 2.24) is 0 Å². The van der Waals surface area contributed by atoms with Crippen LogP contribution in [0.5, 0.6) is 0 Å². The molecule has 0 radical (unpaired) electrons. The molecule has 0 nitrogen and oxygen atoms in total. The maximum atomic E-state index is 3.57. The lowest BCUT2D eigenvalue weighted by Crippen LogP contribution is -2.27. The second-order valence-electron chi connectivity index (χ2n) is 10.2. The molecular weight excluding hydrogens is 416 g/mol. The molecule has 160 valence electrons. The third-order valence-electron chi connectivity index (χ3n) is 7.30. The Hall–Kier alpha value is -1.08. The van der Waals surface area contributed by atoms with Crippen LogP contribution in [0.15, 0.2) is 48.5 Å². The van der Waals surface area contributed by atoms with E-state index in [2.05, 4.69) is 113 Å². The van der Waals surface area contributed by atoms with Crippen molar-refractivity contribution in [3.8, 4) is 0 Å². The van der Waals surface area contributed by atoms with Gasteiger partial charge < -0.3 is 0 Å². The lowest BCUT2D eigenvalue weighted by molar-refractivity contribution is 0.197. The van der Waals surface area contributed by atoms with Crippen LogP contribution in [0.4, 0.5) is 0 Å². The fraction of sp³-hybridized carbons (Fsp3) is 0.571. The number of hydrogen-bond donors (Lipinski definition) is 0. The summed E-state index contributed by atoms with van der Waals surface area (Å²) < 4.78 is 0. The average Bonchev–Trinajstić information content (AvgIpc) is 2.70. The van der Waals surface area contributed by atoms with E-state index in [0.29, 0.717) is 17.3 Å². The third kappa shape index (κ3) is 6.20. The van der Waals surface area contributed by atoms with Crippen molar-refractivity contribution in [2.75, 3.05) is 0 Å². The van der Waals surface area contributed by atoms with Gasteiger partial charge in [0.05, 0.1) is 0 Å². The molecule has 2 aromatic carbocycles. The molecule has 0 saturated carbocycles. The molecule has 1 heteroatoms.